The van der Waals surface area contributed by atoms with Gasteiger partial charge in [0, 0.05) is 6.07 Å². The molecule has 0 spiro atoms. The largest absolute Gasteiger partial charge is 0.508 e. The normalized spacial score (nSPS) is 10.6. The van der Waals surface area contributed by atoms with Gasteiger partial charge in [0.1, 0.15) is 11.5 Å². The van der Waals surface area contributed by atoms with Crippen LogP contribution in [0.5, 0.6) is 11.5 Å². The van der Waals surface area contributed by atoms with Crippen LogP contribution in [0.3, 0.4) is 0 Å². The van der Waals surface area contributed by atoms with Crippen LogP contribution < -0.4 is 5.48 Å². The van der Waals surface area contributed by atoms with Crippen molar-refractivity contribution in [1.29, 1.82) is 0 Å². The number of aromatic hydroxyl groups is 2. The number of hydrogen-bond donors (Lipinski definition) is 3. The van der Waals surface area contributed by atoms with Gasteiger partial charge in [-0.2, -0.15) is 0 Å². The SMILES string of the molecule is O=C(Cc1ccccc1)ONc1ccc(N=NC(=O)c2ccc(O)cc2O)cc1. The molecule has 3 rings (SSSR count). The van der Waals surface area contributed by atoms with E-state index in [-0.39, 0.29) is 23.5 Å². The number of azo groups is 1. The van der Waals surface area contributed by atoms with Crippen LogP contribution in [-0.2, 0) is 16.1 Å². The van der Waals surface area contributed by atoms with Crippen molar-refractivity contribution in [1.82, 2.24) is 0 Å². The highest BCUT2D eigenvalue weighted by Gasteiger charge is 2.11. The van der Waals surface area contributed by atoms with E-state index in [0.29, 0.717) is 11.4 Å². The summed E-state index contributed by atoms with van der Waals surface area (Å²) in [6, 6.07) is 19.1. The Labute approximate surface area is 166 Å². The Morgan fingerprint density at radius 1 is 0.931 bits per heavy atom. The molecule has 0 fully saturated rings. The summed E-state index contributed by atoms with van der Waals surface area (Å²) in [6.07, 6.45) is 0.145. The minimum atomic E-state index is -0.750. The second-order valence-electron chi connectivity index (χ2n) is 5.99. The van der Waals surface area contributed by atoms with Gasteiger partial charge in [-0.1, -0.05) is 30.3 Å². The molecular weight excluding hydrogens is 374 g/mol. The van der Waals surface area contributed by atoms with Crippen molar-refractivity contribution in [2.45, 2.75) is 6.42 Å². The highest BCUT2D eigenvalue weighted by atomic mass is 16.7. The highest BCUT2D eigenvalue weighted by molar-refractivity contribution is 5.97. The van der Waals surface area contributed by atoms with Crippen LogP contribution in [-0.4, -0.2) is 22.1 Å². The summed E-state index contributed by atoms with van der Waals surface area (Å²) in [5, 5.41) is 26.3. The Morgan fingerprint density at radius 3 is 2.34 bits per heavy atom. The van der Waals surface area contributed by atoms with Gasteiger partial charge in [-0.25, -0.2) is 10.3 Å². The third kappa shape index (κ3) is 5.64. The number of carbonyl (C=O) groups is 2. The second-order valence-corrected chi connectivity index (χ2v) is 5.99. The van der Waals surface area contributed by atoms with Gasteiger partial charge in [0.15, 0.2) is 0 Å². The smallest absolute Gasteiger partial charge is 0.336 e. The summed E-state index contributed by atoms with van der Waals surface area (Å²) < 4.78 is 0. The zero-order valence-electron chi connectivity index (χ0n) is 15.1. The maximum Gasteiger partial charge on any atom is 0.336 e. The molecule has 0 aliphatic carbocycles. The first-order valence-electron chi connectivity index (χ1n) is 8.59. The van der Waals surface area contributed by atoms with Crippen LogP contribution in [0.15, 0.2) is 83.0 Å². The number of rotatable bonds is 6. The lowest BCUT2D eigenvalue weighted by molar-refractivity contribution is -0.139. The number of phenols is 2. The van der Waals surface area contributed by atoms with Crippen LogP contribution >= 0.6 is 0 Å². The van der Waals surface area contributed by atoms with E-state index < -0.39 is 11.9 Å². The molecule has 146 valence electrons. The van der Waals surface area contributed by atoms with Crippen LogP contribution in [0.4, 0.5) is 11.4 Å². The zero-order chi connectivity index (χ0) is 20.6. The fraction of sp³-hybridized carbons (Fsp3) is 0.0476. The van der Waals surface area contributed by atoms with Gasteiger partial charge in [0.2, 0.25) is 0 Å². The molecular formula is C21H17N3O5. The molecule has 0 atom stereocenters. The van der Waals surface area contributed by atoms with Gasteiger partial charge < -0.3 is 15.1 Å². The van der Waals surface area contributed by atoms with Gasteiger partial charge in [0.25, 0.3) is 5.91 Å². The molecule has 8 heteroatoms. The molecule has 3 aromatic carbocycles. The molecule has 0 aliphatic rings. The molecule has 0 bridgehead atoms. The van der Waals surface area contributed by atoms with Crippen molar-refractivity contribution in [3.05, 3.63) is 83.9 Å². The Kier molecular flexibility index (Phi) is 6.16. The summed E-state index contributed by atoms with van der Waals surface area (Å²) in [5.74, 6) is -1.73. The topological polar surface area (TPSA) is 121 Å². The summed E-state index contributed by atoms with van der Waals surface area (Å²) in [6.45, 7) is 0. The average molecular weight is 391 g/mol. The maximum atomic E-state index is 12.0. The van der Waals surface area contributed by atoms with Crippen molar-refractivity contribution in [2.75, 3.05) is 5.48 Å². The maximum absolute atomic E-state index is 12.0. The van der Waals surface area contributed by atoms with E-state index in [1.165, 1.54) is 12.1 Å². The molecule has 0 radical (unpaired) electrons. The molecule has 1 amide bonds. The minimum absolute atomic E-state index is 0.0739. The fourth-order valence-corrected chi connectivity index (χ4v) is 2.37. The number of benzene rings is 3. The van der Waals surface area contributed by atoms with Crippen molar-refractivity contribution < 1.29 is 24.6 Å². The van der Waals surface area contributed by atoms with Crippen LogP contribution in [0.25, 0.3) is 0 Å². The molecule has 0 aliphatic heterocycles. The Morgan fingerprint density at radius 2 is 1.66 bits per heavy atom. The number of nitrogens with one attached hydrogen (secondary N) is 1. The predicted molar refractivity (Wildman–Crippen MR) is 105 cm³/mol. The molecule has 0 saturated carbocycles. The van der Waals surface area contributed by atoms with E-state index in [9.17, 15) is 19.8 Å². The van der Waals surface area contributed by atoms with Crippen molar-refractivity contribution in [3.63, 3.8) is 0 Å². The number of hydrogen-bond acceptors (Lipinski definition) is 7. The van der Waals surface area contributed by atoms with Gasteiger partial charge in [-0.05, 0) is 42.0 Å². The van der Waals surface area contributed by atoms with E-state index in [2.05, 4.69) is 15.7 Å². The van der Waals surface area contributed by atoms with Gasteiger partial charge >= 0.3 is 5.97 Å². The first-order valence-corrected chi connectivity index (χ1v) is 8.59. The third-order valence-electron chi connectivity index (χ3n) is 3.81. The Bertz CT molecular complexity index is 1030. The van der Waals surface area contributed by atoms with Gasteiger partial charge in [-0.3, -0.25) is 4.79 Å². The quantitative estimate of drug-likeness (QED) is 0.429. The number of anilines is 1. The molecule has 0 saturated heterocycles. The van der Waals surface area contributed by atoms with E-state index >= 15 is 0 Å². The molecule has 29 heavy (non-hydrogen) atoms. The summed E-state index contributed by atoms with van der Waals surface area (Å²) in [5.41, 5.74) is 4.23. The lowest BCUT2D eigenvalue weighted by Crippen LogP contribution is -2.12. The first kappa shape index (κ1) is 19.6. The van der Waals surface area contributed by atoms with Crippen molar-refractivity contribution in [3.8, 4) is 11.5 Å². The van der Waals surface area contributed by atoms with E-state index in [1.54, 1.807) is 24.3 Å². The van der Waals surface area contributed by atoms with Crippen molar-refractivity contribution >= 4 is 23.3 Å². The lowest BCUT2D eigenvalue weighted by Gasteiger charge is -2.07. The fourth-order valence-electron chi connectivity index (χ4n) is 2.37. The molecule has 3 aromatic rings. The van der Waals surface area contributed by atoms with E-state index in [1.807, 2.05) is 30.3 Å². The summed E-state index contributed by atoms with van der Waals surface area (Å²) >= 11 is 0. The van der Waals surface area contributed by atoms with E-state index in [4.69, 9.17) is 4.84 Å². The zero-order valence-corrected chi connectivity index (χ0v) is 15.1. The number of amides is 1. The van der Waals surface area contributed by atoms with E-state index in [0.717, 1.165) is 11.6 Å². The van der Waals surface area contributed by atoms with Crippen molar-refractivity contribution in [2.24, 2.45) is 10.2 Å². The molecule has 0 aromatic heterocycles. The monoisotopic (exact) mass is 391 g/mol. The Hall–Kier alpha value is -4.20. The van der Waals surface area contributed by atoms with Gasteiger partial charge in [0.05, 0.1) is 23.4 Å². The lowest BCUT2D eigenvalue weighted by atomic mass is 10.2. The number of phenolic OH excluding ortho intramolecular Hbond substituents is 2. The average Bonchev–Trinajstić information content (AvgIpc) is 2.72. The summed E-state index contributed by atoms with van der Waals surface area (Å²) in [4.78, 5) is 28.8. The second kappa shape index (κ2) is 9.14. The third-order valence-corrected chi connectivity index (χ3v) is 3.81. The molecule has 0 heterocycles. The molecule has 0 unspecified atom stereocenters. The van der Waals surface area contributed by atoms with Gasteiger partial charge in [-0.15, -0.1) is 10.2 Å². The van der Waals surface area contributed by atoms with Crippen LogP contribution in [0, 0.1) is 0 Å². The number of nitrogens with zero attached hydrogens (tertiary/aromatic N) is 2. The minimum Gasteiger partial charge on any atom is -0.508 e. The highest BCUT2D eigenvalue weighted by Crippen LogP contribution is 2.24. The standard InChI is InChI=1S/C21H17N3O5/c25-17-10-11-18(19(26)13-17)21(28)23-22-15-6-8-16(9-7-15)24-29-20(27)12-14-4-2-1-3-5-14/h1-11,13,24-26H,12H2. The predicted octanol–water partition coefficient (Wildman–Crippen LogP) is 4.13. The Balaban J connectivity index is 1.53. The molecule has 8 nitrogen and oxygen atoms in total. The summed E-state index contributed by atoms with van der Waals surface area (Å²) in [7, 11) is 0. The number of carbonyl (C=O) groups excluding carboxylic acids is 2. The molecule has 3 N–H and O–H groups in total. The van der Waals surface area contributed by atoms with Crippen LogP contribution in [0.1, 0.15) is 15.9 Å². The van der Waals surface area contributed by atoms with Crippen LogP contribution in [0.2, 0.25) is 0 Å². The first-order chi connectivity index (χ1) is 14.0.